The van der Waals surface area contributed by atoms with Crippen LogP contribution in [0, 0.1) is 5.92 Å². The molecule has 41 heavy (non-hydrogen) atoms. The molecule has 0 aromatic heterocycles. The lowest BCUT2D eigenvalue weighted by molar-refractivity contribution is -0.142. The number of halogens is 4. The van der Waals surface area contributed by atoms with Crippen molar-refractivity contribution in [1.82, 2.24) is 9.21 Å². The summed E-state index contributed by atoms with van der Waals surface area (Å²) in [6.07, 6.45) is -7.43. The number of aliphatic hydroxyl groups is 1. The molecule has 9 nitrogen and oxygen atoms in total. The lowest BCUT2D eigenvalue weighted by Gasteiger charge is -2.33. The highest BCUT2D eigenvalue weighted by atomic mass is 35.5. The Morgan fingerprint density at radius 3 is 2.51 bits per heavy atom. The van der Waals surface area contributed by atoms with Crippen LogP contribution >= 0.6 is 11.6 Å². The zero-order chi connectivity index (χ0) is 30.5. The van der Waals surface area contributed by atoms with Gasteiger partial charge in [0, 0.05) is 42.2 Å². The van der Waals surface area contributed by atoms with Crippen molar-refractivity contribution in [2.24, 2.45) is 5.92 Å². The van der Waals surface area contributed by atoms with Crippen molar-refractivity contribution in [3.63, 3.8) is 0 Å². The van der Waals surface area contributed by atoms with E-state index in [1.807, 2.05) is 0 Å². The Morgan fingerprint density at radius 2 is 1.90 bits per heavy atom. The summed E-state index contributed by atoms with van der Waals surface area (Å²) in [6.45, 7) is 3.24. The fraction of sp³-hybridized carbons (Fsp3) is 0.481. The number of hydrogen-bond donors (Lipinski definition) is 2. The molecule has 2 aromatic carbocycles. The van der Waals surface area contributed by atoms with E-state index in [2.05, 4.69) is 5.32 Å². The van der Waals surface area contributed by atoms with E-state index in [9.17, 15) is 36.3 Å². The fourth-order valence-corrected chi connectivity index (χ4v) is 5.65. The van der Waals surface area contributed by atoms with Crippen molar-refractivity contribution in [1.29, 1.82) is 0 Å². The molecule has 14 heteroatoms. The van der Waals surface area contributed by atoms with E-state index in [0.29, 0.717) is 10.6 Å². The summed E-state index contributed by atoms with van der Waals surface area (Å²) >= 11 is 5.90. The number of carbonyl (C=O) groups is 2. The number of carbonyl (C=O) groups excluding carboxylic acids is 2. The van der Waals surface area contributed by atoms with E-state index < -0.39 is 47.1 Å². The lowest BCUT2D eigenvalue weighted by atomic mass is 10.0. The number of alkyl halides is 3. The van der Waals surface area contributed by atoms with Gasteiger partial charge in [0.05, 0.1) is 36.9 Å². The van der Waals surface area contributed by atoms with Crippen LogP contribution < -0.4 is 10.1 Å². The van der Waals surface area contributed by atoms with Gasteiger partial charge in [0.2, 0.25) is 21.8 Å². The first-order chi connectivity index (χ1) is 19.1. The number of nitrogens with zero attached hydrogens (tertiary/aromatic N) is 2. The van der Waals surface area contributed by atoms with E-state index in [4.69, 9.17) is 16.3 Å². The van der Waals surface area contributed by atoms with E-state index in [1.165, 1.54) is 54.4 Å². The zero-order valence-electron chi connectivity index (χ0n) is 22.8. The van der Waals surface area contributed by atoms with Gasteiger partial charge in [0.1, 0.15) is 11.9 Å². The number of rotatable bonds is 9. The molecule has 0 spiro atoms. The standard InChI is InChI=1S/C27H33ClF3N3O6S/c1-17-14-34(18(2)16-35)26(37)13-19-12-21(32-25(36)10-11-27(29,30)31)6-9-23(19)40-24(17)15-33(3)41(38,39)22-7-4-20(28)5-8-22/h4-9,12,17-18,24,35H,10-11,13-16H2,1-3H3,(H,32,36)/t17-,18+,24+/m1/s1. The Morgan fingerprint density at radius 1 is 1.24 bits per heavy atom. The molecule has 1 aliphatic rings. The molecule has 0 aliphatic carbocycles. The molecule has 0 radical (unpaired) electrons. The summed E-state index contributed by atoms with van der Waals surface area (Å²) in [7, 11) is -2.51. The van der Waals surface area contributed by atoms with Crippen molar-refractivity contribution in [2.45, 2.75) is 56.3 Å². The highest BCUT2D eigenvalue weighted by Crippen LogP contribution is 2.30. The van der Waals surface area contributed by atoms with Crippen LogP contribution in [0.25, 0.3) is 0 Å². The van der Waals surface area contributed by atoms with Crippen molar-refractivity contribution in [3.05, 3.63) is 53.1 Å². The third-order valence-corrected chi connectivity index (χ3v) is 8.88. The predicted molar refractivity (Wildman–Crippen MR) is 147 cm³/mol. The van der Waals surface area contributed by atoms with Crippen LogP contribution in [0.15, 0.2) is 47.4 Å². The lowest BCUT2D eigenvalue weighted by Crippen LogP contribution is -2.48. The molecule has 0 saturated carbocycles. The van der Waals surface area contributed by atoms with Crippen LogP contribution in [0.3, 0.4) is 0 Å². The number of benzene rings is 2. The summed E-state index contributed by atoms with van der Waals surface area (Å²) in [6, 6.07) is 9.55. The first kappa shape index (κ1) is 32.6. The molecule has 226 valence electrons. The normalized spacial score (nSPS) is 19.0. The van der Waals surface area contributed by atoms with E-state index in [0.717, 1.165) is 4.31 Å². The monoisotopic (exact) mass is 619 g/mol. The third kappa shape index (κ3) is 8.81. The SMILES string of the molecule is C[C@@H]1CN([C@@H](C)CO)C(=O)Cc2cc(NC(=O)CCC(F)(F)F)ccc2O[C@H]1CN(C)S(=O)(=O)c1ccc(Cl)cc1. The minimum Gasteiger partial charge on any atom is -0.488 e. The molecule has 3 rings (SSSR count). The minimum atomic E-state index is -4.48. The van der Waals surface area contributed by atoms with Gasteiger partial charge >= 0.3 is 6.18 Å². The van der Waals surface area contributed by atoms with Crippen LogP contribution in [-0.4, -0.2) is 79.6 Å². The topological polar surface area (TPSA) is 116 Å². The molecule has 0 fully saturated rings. The first-order valence-electron chi connectivity index (χ1n) is 12.9. The van der Waals surface area contributed by atoms with Gasteiger partial charge in [-0.1, -0.05) is 18.5 Å². The van der Waals surface area contributed by atoms with Gasteiger partial charge in [-0.05, 0) is 49.4 Å². The molecule has 2 amide bonds. The molecule has 2 aromatic rings. The van der Waals surface area contributed by atoms with Crippen molar-refractivity contribution < 1.29 is 41.0 Å². The smallest absolute Gasteiger partial charge is 0.389 e. The second kappa shape index (κ2) is 13.4. The van der Waals surface area contributed by atoms with Crippen molar-refractivity contribution >= 4 is 39.1 Å². The van der Waals surface area contributed by atoms with Crippen molar-refractivity contribution in [2.75, 3.05) is 32.1 Å². The van der Waals surface area contributed by atoms with Gasteiger partial charge in [0.15, 0.2) is 0 Å². The zero-order valence-corrected chi connectivity index (χ0v) is 24.4. The van der Waals surface area contributed by atoms with Crippen LogP contribution in [0.5, 0.6) is 5.75 Å². The second-order valence-electron chi connectivity index (χ2n) is 10.1. The number of likely N-dealkylation sites (N-methyl/N-ethyl adjacent to an activating group) is 1. The first-order valence-corrected chi connectivity index (χ1v) is 14.7. The summed E-state index contributed by atoms with van der Waals surface area (Å²) in [5, 5.41) is 12.6. The summed E-state index contributed by atoms with van der Waals surface area (Å²) in [5.74, 6) is -1.30. The summed E-state index contributed by atoms with van der Waals surface area (Å²) < 4.78 is 71.5. The summed E-state index contributed by atoms with van der Waals surface area (Å²) in [5.41, 5.74) is 0.529. The second-order valence-corrected chi connectivity index (χ2v) is 12.6. The molecule has 1 heterocycles. The van der Waals surface area contributed by atoms with Gasteiger partial charge in [-0.2, -0.15) is 17.5 Å². The third-order valence-electron chi connectivity index (χ3n) is 6.79. The molecule has 0 unspecified atom stereocenters. The number of anilines is 1. The van der Waals surface area contributed by atoms with Gasteiger partial charge in [-0.25, -0.2) is 8.42 Å². The van der Waals surface area contributed by atoms with E-state index in [1.54, 1.807) is 13.8 Å². The molecule has 3 atom stereocenters. The molecule has 2 N–H and O–H groups in total. The Hall–Kier alpha value is -2.87. The molecule has 1 aliphatic heterocycles. The Balaban J connectivity index is 1.92. The van der Waals surface area contributed by atoms with Gasteiger partial charge < -0.3 is 20.1 Å². The molecule has 0 bridgehead atoms. The summed E-state index contributed by atoms with van der Waals surface area (Å²) in [4.78, 5) is 26.9. The van der Waals surface area contributed by atoms with Crippen LogP contribution in [-0.2, 0) is 26.0 Å². The number of aliphatic hydroxyl groups excluding tert-OH is 1. The van der Waals surface area contributed by atoms with E-state index in [-0.39, 0.29) is 54.3 Å². The minimum absolute atomic E-state index is 0.0390. The Bertz CT molecular complexity index is 1340. The van der Waals surface area contributed by atoms with Crippen molar-refractivity contribution in [3.8, 4) is 5.75 Å². The van der Waals surface area contributed by atoms with Gasteiger partial charge in [-0.3, -0.25) is 9.59 Å². The molecular formula is C27H33ClF3N3O6S. The molecular weight excluding hydrogens is 587 g/mol. The maximum Gasteiger partial charge on any atom is 0.389 e. The number of sulfonamides is 1. The number of fused-ring (bicyclic) bond motifs is 1. The Labute approximate surface area is 242 Å². The van der Waals surface area contributed by atoms with Crippen LogP contribution in [0.4, 0.5) is 18.9 Å². The number of amides is 2. The number of ether oxygens (including phenoxy) is 1. The van der Waals surface area contributed by atoms with Gasteiger partial charge in [0.25, 0.3) is 0 Å². The van der Waals surface area contributed by atoms with Crippen LogP contribution in [0.1, 0.15) is 32.3 Å². The average Bonchev–Trinajstić information content (AvgIpc) is 2.94. The van der Waals surface area contributed by atoms with Crippen LogP contribution in [0.2, 0.25) is 5.02 Å². The quantitative estimate of drug-likeness (QED) is 0.437. The number of hydrogen-bond acceptors (Lipinski definition) is 6. The largest absolute Gasteiger partial charge is 0.488 e. The maximum absolute atomic E-state index is 13.3. The predicted octanol–water partition coefficient (Wildman–Crippen LogP) is 4.09. The van der Waals surface area contributed by atoms with Gasteiger partial charge in [-0.15, -0.1) is 0 Å². The molecule has 0 saturated heterocycles. The number of nitrogens with one attached hydrogen (secondary N) is 1. The highest BCUT2D eigenvalue weighted by Gasteiger charge is 2.34. The maximum atomic E-state index is 13.3. The fourth-order valence-electron chi connectivity index (χ4n) is 4.34. The highest BCUT2D eigenvalue weighted by molar-refractivity contribution is 7.89. The van der Waals surface area contributed by atoms with E-state index >= 15 is 0 Å². The Kier molecular flexibility index (Phi) is 10.7. The average molecular weight is 620 g/mol.